The van der Waals surface area contributed by atoms with Gasteiger partial charge in [0, 0.05) is 34.9 Å². The number of amides is 2. The lowest BCUT2D eigenvalue weighted by molar-refractivity contribution is -0.617. The van der Waals surface area contributed by atoms with E-state index in [-0.39, 0.29) is 36.8 Å². The molecule has 5 rings (SSSR count). The van der Waals surface area contributed by atoms with Gasteiger partial charge < -0.3 is 39.8 Å². The number of hydrogen-bond donors (Lipinski definition) is 7. The van der Waals surface area contributed by atoms with Gasteiger partial charge in [-0.05, 0) is 67.1 Å². The third-order valence-corrected chi connectivity index (χ3v) is 6.50. The van der Waals surface area contributed by atoms with Gasteiger partial charge in [0.1, 0.15) is 7.05 Å². The summed E-state index contributed by atoms with van der Waals surface area (Å²) in [5.74, 6) is -0.236. The molecule has 5 aromatic rings. The first kappa shape index (κ1) is 31.5. The molecule has 216 valence electrons. The largest absolute Gasteiger partial charge is 1.00 e. The highest BCUT2D eigenvalue weighted by Gasteiger charge is 2.18. The van der Waals surface area contributed by atoms with Gasteiger partial charge in [-0.2, -0.15) is 9.67 Å². The normalized spacial score (nSPS) is 10.8. The number of fused-ring (bicyclic) bond motifs is 2. The van der Waals surface area contributed by atoms with E-state index in [1.807, 2.05) is 73.8 Å². The highest BCUT2D eigenvalue weighted by atomic mass is 35.5. The number of urea groups is 1. The highest BCUT2D eigenvalue weighted by Crippen LogP contribution is 2.33. The minimum absolute atomic E-state index is 0. The van der Waals surface area contributed by atoms with Gasteiger partial charge in [-0.25, -0.2) is 10.2 Å². The van der Waals surface area contributed by atoms with E-state index in [4.69, 9.17) is 16.9 Å². The van der Waals surface area contributed by atoms with Crippen molar-refractivity contribution in [3.63, 3.8) is 0 Å². The first-order valence-electron chi connectivity index (χ1n) is 12.6. The Morgan fingerprint density at radius 1 is 0.833 bits per heavy atom. The molecule has 0 aliphatic carbocycles. The Kier molecular flexibility index (Phi) is 10.1. The Morgan fingerprint density at radius 3 is 2.05 bits per heavy atom. The number of nitrogens with two attached hydrogens (primary N) is 2. The summed E-state index contributed by atoms with van der Waals surface area (Å²) in [6.07, 6.45) is 0. The maximum Gasteiger partial charge on any atom is 0.323 e. The second-order valence-corrected chi connectivity index (χ2v) is 9.31. The number of guanidine groups is 1. The number of pyridine rings is 1. The van der Waals surface area contributed by atoms with Gasteiger partial charge in [0.25, 0.3) is 0 Å². The van der Waals surface area contributed by atoms with Crippen LogP contribution in [0, 0.1) is 5.41 Å². The third-order valence-electron chi connectivity index (χ3n) is 6.50. The van der Waals surface area contributed by atoms with Gasteiger partial charge >= 0.3 is 6.03 Å². The second-order valence-electron chi connectivity index (χ2n) is 9.31. The van der Waals surface area contributed by atoms with Gasteiger partial charge in [0.2, 0.25) is 17.0 Å². The molecule has 0 radical (unpaired) electrons. The Balaban J connectivity index is 0.00000242. The van der Waals surface area contributed by atoms with Crippen LogP contribution in [-0.2, 0) is 7.05 Å². The molecule has 42 heavy (non-hydrogen) atoms. The Bertz CT molecular complexity index is 1770. The van der Waals surface area contributed by atoms with Crippen molar-refractivity contribution >= 4 is 80.4 Å². The molecule has 0 fully saturated rings. The number of aryl methyl sites for hydroxylation is 1. The van der Waals surface area contributed by atoms with Crippen molar-refractivity contribution in [1.82, 2.24) is 5.43 Å². The van der Waals surface area contributed by atoms with Gasteiger partial charge in [-0.1, -0.05) is 24.3 Å². The molecule has 1 heterocycles. The van der Waals surface area contributed by atoms with E-state index < -0.39 is 0 Å². The van der Waals surface area contributed by atoms with Crippen molar-refractivity contribution in [3.8, 4) is 0 Å². The monoisotopic (exact) mass is 603 g/mol. The van der Waals surface area contributed by atoms with Gasteiger partial charge in [0.15, 0.2) is 0 Å². The molecule has 0 aliphatic heterocycles. The molecule has 9 N–H and O–H groups in total. The zero-order valence-corrected chi connectivity index (χ0v) is 24.5. The number of hydrazone groups is 1. The molecule has 1 aromatic heterocycles. The first-order chi connectivity index (χ1) is 19.3. The second kappa shape index (κ2) is 13.5. The van der Waals surface area contributed by atoms with Crippen molar-refractivity contribution in [2.24, 2.45) is 17.9 Å². The van der Waals surface area contributed by atoms with Crippen LogP contribution < -0.4 is 49.8 Å². The van der Waals surface area contributed by atoms with Crippen LogP contribution >= 0.6 is 12.4 Å². The number of para-hydroxylation sites is 1. The maximum atomic E-state index is 12.6. The number of carbonyl (C=O) groups is 1. The Morgan fingerprint density at radius 2 is 1.40 bits per heavy atom. The number of nitrogens with zero attached hydrogens (tertiary/aromatic N) is 2. The molecule has 0 bridgehead atoms. The summed E-state index contributed by atoms with van der Waals surface area (Å²) >= 11 is 0. The lowest BCUT2D eigenvalue weighted by Gasteiger charge is -2.14. The minimum atomic E-state index is -0.359. The van der Waals surface area contributed by atoms with Gasteiger partial charge in [-0.15, -0.1) is 12.4 Å². The van der Waals surface area contributed by atoms with Crippen LogP contribution in [0.3, 0.4) is 0 Å². The standard InChI is InChI=1S/C30H29N9O.2ClH/c1-18(37-38-29(32)33)19-7-10-22(11-8-19)35-30(40)36-23-14-12-21(13-15-23)34-28-24-5-3-4-6-26(24)39(2)27-17-20(31)9-16-25(27)28;;/h3-17H,1-2H3,(H8,31,32,33,34,35,36,37,38,40);2*1H. The number of aromatic nitrogens is 1. The number of nitrogens with one attached hydrogen (secondary N) is 5. The van der Waals surface area contributed by atoms with Crippen LogP contribution in [0.4, 0.5) is 33.2 Å². The van der Waals surface area contributed by atoms with E-state index in [0.717, 1.165) is 38.7 Å². The fourth-order valence-corrected chi connectivity index (χ4v) is 4.50. The molecule has 2 amide bonds. The topological polar surface area (TPSA) is 157 Å². The summed E-state index contributed by atoms with van der Waals surface area (Å²) in [5, 5.41) is 22.6. The summed E-state index contributed by atoms with van der Waals surface area (Å²) in [7, 11) is 2.04. The minimum Gasteiger partial charge on any atom is -1.00 e. The highest BCUT2D eigenvalue weighted by molar-refractivity contribution is 6.07. The van der Waals surface area contributed by atoms with Crippen LogP contribution in [-0.4, -0.2) is 17.7 Å². The van der Waals surface area contributed by atoms with E-state index >= 15 is 0 Å². The lowest BCUT2D eigenvalue weighted by atomic mass is 10.1. The number of benzene rings is 4. The van der Waals surface area contributed by atoms with E-state index in [1.54, 1.807) is 19.1 Å². The molecule has 0 unspecified atom stereocenters. The van der Waals surface area contributed by atoms with E-state index in [2.05, 4.69) is 43.2 Å². The number of halogens is 2. The van der Waals surface area contributed by atoms with Crippen LogP contribution in [0.15, 0.2) is 96.1 Å². The first-order valence-corrected chi connectivity index (χ1v) is 12.6. The molecule has 0 atom stereocenters. The van der Waals surface area contributed by atoms with Gasteiger partial charge in [0.05, 0.1) is 22.2 Å². The van der Waals surface area contributed by atoms with Crippen molar-refractivity contribution < 1.29 is 21.8 Å². The molecule has 4 aromatic carbocycles. The van der Waals surface area contributed by atoms with E-state index in [9.17, 15) is 4.79 Å². The Hall–Kier alpha value is -5.06. The van der Waals surface area contributed by atoms with E-state index in [1.165, 1.54) is 0 Å². The zero-order valence-electron chi connectivity index (χ0n) is 22.9. The van der Waals surface area contributed by atoms with Crippen LogP contribution in [0.2, 0.25) is 0 Å². The van der Waals surface area contributed by atoms with Crippen molar-refractivity contribution in [2.75, 3.05) is 21.7 Å². The average Bonchev–Trinajstić information content (AvgIpc) is 2.95. The smallest absolute Gasteiger partial charge is 0.323 e. The number of hydrogen-bond acceptors (Lipinski definition) is 5. The summed E-state index contributed by atoms with van der Waals surface area (Å²) in [4.78, 5) is 12.6. The number of anilines is 5. The van der Waals surface area contributed by atoms with Gasteiger partial charge in [-0.3, -0.25) is 5.41 Å². The van der Waals surface area contributed by atoms with Crippen LogP contribution in [0.25, 0.3) is 21.8 Å². The quantitative estimate of drug-likeness (QED) is 0.0396. The van der Waals surface area contributed by atoms with Crippen LogP contribution in [0.5, 0.6) is 0 Å². The molecule has 0 aliphatic rings. The van der Waals surface area contributed by atoms with Crippen molar-refractivity contribution in [1.29, 1.82) is 5.41 Å². The number of carbonyl (C=O) groups excluding carboxylic acids is 1. The van der Waals surface area contributed by atoms with E-state index in [0.29, 0.717) is 22.8 Å². The third kappa shape index (κ3) is 6.98. The SMILES string of the molecule is C/C(=N\NC(=N)N)c1ccc(NC(=O)Nc2ccc(Nc3c4ccccc4[n+](C)c4cc(N)ccc34)cc2)cc1.Cl.[Cl-]. The maximum absolute atomic E-state index is 12.6. The molecule has 10 nitrogen and oxygen atoms in total. The summed E-state index contributed by atoms with van der Waals surface area (Å²) in [6, 6.07) is 28.5. The fraction of sp³-hybridized carbons (Fsp3) is 0.0667. The zero-order chi connectivity index (χ0) is 28.2. The summed E-state index contributed by atoms with van der Waals surface area (Å²) in [5.41, 5.74) is 21.2. The molecule has 12 heteroatoms. The molecular formula is C30H31Cl2N9O. The molecule has 0 saturated heterocycles. The lowest BCUT2D eigenvalue weighted by Crippen LogP contribution is -3.00. The number of nitrogen functional groups attached to an aromatic ring is 1. The molecule has 0 spiro atoms. The Labute approximate surface area is 255 Å². The average molecular weight is 605 g/mol. The fourth-order valence-electron chi connectivity index (χ4n) is 4.50. The van der Waals surface area contributed by atoms with Crippen LogP contribution in [0.1, 0.15) is 12.5 Å². The predicted octanol–water partition coefficient (Wildman–Crippen LogP) is 2.42. The molecule has 0 saturated carbocycles. The van der Waals surface area contributed by atoms with Crippen molar-refractivity contribution in [3.05, 3.63) is 96.6 Å². The van der Waals surface area contributed by atoms with Crippen molar-refractivity contribution in [2.45, 2.75) is 6.92 Å². The summed E-state index contributed by atoms with van der Waals surface area (Å²) in [6.45, 7) is 1.79. The predicted molar refractivity (Wildman–Crippen MR) is 170 cm³/mol. The molecular weight excluding hydrogens is 573 g/mol. The number of rotatable bonds is 6. The summed E-state index contributed by atoms with van der Waals surface area (Å²) < 4.78 is 2.14.